The number of hydrogen-bond acceptors (Lipinski definition) is 6. The van der Waals surface area contributed by atoms with Crippen LogP contribution in [0.15, 0.2) is 30.3 Å². The molecule has 7 heteroatoms. The van der Waals surface area contributed by atoms with Crippen molar-refractivity contribution in [3.8, 4) is 0 Å². The first-order valence-electron chi connectivity index (χ1n) is 9.93. The number of aromatic nitrogens is 2. The lowest BCUT2D eigenvalue weighted by molar-refractivity contribution is -0.141. The zero-order chi connectivity index (χ0) is 19.5. The molecule has 1 atom stereocenters. The molecular weight excluding hydrogens is 354 g/mol. The number of rotatable bonds is 4. The monoisotopic (exact) mass is 381 g/mol. The summed E-state index contributed by atoms with van der Waals surface area (Å²) in [7, 11) is 0. The number of benzene rings is 1. The van der Waals surface area contributed by atoms with Gasteiger partial charge < -0.3 is 19.9 Å². The topological polar surface area (TPSA) is 70.6 Å². The largest absolute Gasteiger partial charge is 0.368 e. The number of nitrogens with one attached hydrogen (secondary N) is 1. The quantitative estimate of drug-likeness (QED) is 0.878. The fourth-order valence-corrected chi connectivity index (χ4v) is 3.65. The molecule has 7 nitrogen and oxygen atoms in total. The highest BCUT2D eigenvalue weighted by Crippen LogP contribution is 2.21. The molecule has 2 fully saturated rings. The summed E-state index contributed by atoms with van der Waals surface area (Å²) in [4.78, 5) is 25.9. The van der Waals surface area contributed by atoms with Crippen LogP contribution in [0.2, 0.25) is 0 Å². The van der Waals surface area contributed by atoms with Gasteiger partial charge in [0.25, 0.3) is 5.91 Å². The average molecular weight is 381 g/mol. The zero-order valence-corrected chi connectivity index (χ0v) is 16.5. The van der Waals surface area contributed by atoms with Gasteiger partial charge in [0.1, 0.15) is 11.9 Å². The van der Waals surface area contributed by atoms with E-state index in [1.165, 1.54) is 5.56 Å². The Morgan fingerprint density at radius 2 is 1.86 bits per heavy atom. The van der Waals surface area contributed by atoms with E-state index < -0.39 is 0 Å². The maximum Gasteiger partial charge on any atom is 0.251 e. The molecule has 1 unspecified atom stereocenters. The SMILES string of the molecule is Cc1ccc(Nc2cc(C)nc(N3CCN(C(=O)C4CCCO4)CC3)n2)cc1. The van der Waals surface area contributed by atoms with Crippen LogP contribution in [0.4, 0.5) is 17.5 Å². The van der Waals surface area contributed by atoms with Gasteiger partial charge in [0.15, 0.2) is 0 Å². The van der Waals surface area contributed by atoms with Crippen LogP contribution in [-0.2, 0) is 9.53 Å². The summed E-state index contributed by atoms with van der Waals surface area (Å²) in [5.74, 6) is 1.62. The van der Waals surface area contributed by atoms with E-state index in [9.17, 15) is 4.79 Å². The van der Waals surface area contributed by atoms with Gasteiger partial charge in [-0.25, -0.2) is 4.98 Å². The van der Waals surface area contributed by atoms with Gasteiger partial charge in [0.2, 0.25) is 5.95 Å². The second-order valence-electron chi connectivity index (χ2n) is 7.50. The van der Waals surface area contributed by atoms with Crippen LogP contribution in [0.3, 0.4) is 0 Å². The Balaban J connectivity index is 1.41. The van der Waals surface area contributed by atoms with Gasteiger partial charge in [-0.2, -0.15) is 4.98 Å². The van der Waals surface area contributed by atoms with E-state index in [-0.39, 0.29) is 12.0 Å². The molecule has 1 aromatic carbocycles. The molecule has 0 spiro atoms. The van der Waals surface area contributed by atoms with E-state index in [1.807, 2.05) is 30.0 Å². The molecule has 0 radical (unpaired) electrons. The third-order valence-electron chi connectivity index (χ3n) is 5.25. The Morgan fingerprint density at radius 1 is 1.11 bits per heavy atom. The molecule has 0 aliphatic carbocycles. The van der Waals surface area contributed by atoms with Crippen LogP contribution in [0.25, 0.3) is 0 Å². The Labute approximate surface area is 165 Å². The lowest BCUT2D eigenvalue weighted by atomic mass is 10.2. The average Bonchev–Trinajstić information content (AvgIpc) is 3.24. The third-order valence-corrected chi connectivity index (χ3v) is 5.25. The number of aryl methyl sites for hydroxylation is 2. The lowest BCUT2D eigenvalue weighted by Gasteiger charge is -2.35. The smallest absolute Gasteiger partial charge is 0.251 e. The van der Waals surface area contributed by atoms with Crippen molar-refractivity contribution in [2.45, 2.75) is 32.8 Å². The van der Waals surface area contributed by atoms with Crippen molar-refractivity contribution < 1.29 is 9.53 Å². The van der Waals surface area contributed by atoms with E-state index in [2.05, 4.69) is 34.3 Å². The van der Waals surface area contributed by atoms with Crippen LogP contribution in [0.5, 0.6) is 0 Å². The number of piperazine rings is 1. The summed E-state index contributed by atoms with van der Waals surface area (Å²) in [6.45, 7) is 7.55. The molecule has 4 rings (SSSR count). The molecule has 0 saturated carbocycles. The number of amides is 1. The van der Waals surface area contributed by atoms with Crippen molar-refractivity contribution in [2.24, 2.45) is 0 Å². The first kappa shape index (κ1) is 18.7. The van der Waals surface area contributed by atoms with Crippen LogP contribution in [0, 0.1) is 13.8 Å². The van der Waals surface area contributed by atoms with Gasteiger partial charge in [0.05, 0.1) is 0 Å². The molecular formula is C21H27N5O2. The Morgan fingerprint density at radius 3 is 2.54 bits per heavy atom. The summed E-state index contributed by atoms with van der Waals surface area (Å²) in [5.41, 5.74) is 3.14. The number of anilines is 3. The number of carbonyl (C=O) groups is 1. The predicted octanol–water partition coefficient (Wildman–Crippen LogP) is 2.66. The minimum atomic E-state index is -0.243. The Kier molecular flexibility index (Phi) is 5.43. The maximum atomic E-state index is 12.5. The summed E-state index contributed by atoms with van der Waals surface area (Å²) >= 11 is 0. The van der Waals surface area contributed by atoms with Crippen LogP contribution >= 0.6 is 0 Å². The molecule has 3 heterocycles. The van der Waals surface area contributed by atoms with E-state index in [4.69, 9.17) is 9.72 Å². The third kappa shape index (κ3) is 4.25. The predicted molar refractivity (Wildman–Crippen MR) is 109 cm³/mol. The van der Waals surface area contributed by atoms with Crippen molar-refractivity contribution in [3.63, 3.8) is 0 Å². The summed E-state index contributed by atoms with van der Waals surface area (Å²) in [6, 6.07) is 10.2. The molecule has 2 aromatic rings. The second kappa shape index (κ2) is 8.14. The highest BCUT2D eigenvalue weighted by molar-refractivity contribution is 5.81. The molecule has 2 aliphatic heterocycles. The van der Waals surface area contributed by atoms with Crippen LogP contribution < -0.4 is 10.2 Å². The molecule has 1 amide bonds. The van der Waals surface area contributed by atoms with Gasteiger partial charge in [-0.1, -0.05) is 17.7 Å². The van der Waals surface area contributed by atoms with Gasteiger partial charge in [-0.05, 0) is 38.8 Å². The van der Waals surface area contributed by atoms with E-state index in [0.29, 0.717) is 25.6 Å². The van der Waals surface area contributed by atoms with Crippen molar-refractivity contribution >= 4 is 23.4 Å². The summed E-state index contributed by atoms with van der Waals surface area (Å²) in [6.07, 6.45) is 1.57. The van der Waals surface area contributed by atoms with Gasteiger partial charge in [0, 0.05) is 50.2 Å². The first-order chi connectivity index (χ1) is 13.6. The minimum absolute atomic E-state index is 0.129. The Bertz CT molecular complexity index is 825. The normalized spacial score (nSPS) is 19.7. The first-order valence-corrected chi connectivity index (χ1v) is 9.93. The fraction of sp³-hybridized carbons (Fsp3) is 0.476. The standard InChI is InChI=1S/C21H27N5O2/c1-15-5-7-17(8-6-15)23-19-14-16(2)22-21(24-19)26-11-9-25(10-12-26)20(27)18-4-3-13-28-18/h5-8,14,18H,3-4,9-13H2,1-2H3,(H,22,23,24). The summed E-state index contributed by atoms with van der Waals surface area (Å²) < 4.78 is 5.54. The van der Waals surface area contributed by atoms with E-state index >= 15 is 0 Å². The van der Waals surface area contributed by atoms with Gasteiger partial charge in [-0.3, -0.25) is 4.79 Å². The summed E-state index contributed by atoms with van der Waals surface area (Å²) in [5, 5.41) is 3.36. The van der Waals surface area contributed by atoms with Crippen molar-refractivity contribution in [1.82, 2.24) is 14.9 Å². The number of carbonyl (C=O) groups excluding carboxylic acids is 1. The number of hydrogen-bond donors (Lipinski definition) is 1. The second-order valence-corrected chi connectivity index (χ2v) is 7.50. The van der Waals surface area contributed by atoms with Gasteiger partial charge >= 0.3 is 0 Å². The Hall–Kier alpha value is -2.67. The molecule has 1 aromatic heterocycles. The van der Waals surface area contributed by atoms with Crippen molar-refractivity contribution in [1.29, 1.82) is 0 Å². The van der Waals surface area contributed by atoms with E-state index in [1.54, 1.807) is 0 Å². The zero-order valence-electron chi connectivity index (χ0n) is 16.5. The molecule has 2 aliphatic rings. The number of ether oxygens (including phenoxy) is 1. The van der Waals surface area contributed by atoms with Crippen LogP contribution in [-0.4, -0.2) is 59.7 Å². The molecule has 1 N–H and O–H groups in total. The molecule has 28 heavy (non-hydrogen) atoms. The highest BCUT2D eigenvalue weighted by atomic mass is 16.5. The van der Waals surface area contributed by atoms with Crippen molar-refractivity contribution in [2.75, 3.05) is 43.0 Å². The number of nitrogens with zero attached hydrogens (tertiary/aromatic N) is 4. The van der Waals surface area contributed by atoms with E-state index in [0.717, 1.165) is 43.1 Å². The van der Waals surface area contributed by atoms with Gasteiger partial charge in [-0.15, -0.1) is 0 Å². The maximum absolute atomic E-state index is 12.5. The fourth-order valence-electron chi connectivity index (χ4n) is 3.65. The van der Waals surface area contributed by atoms with Crippen molar-refractivity contribution in [3.05, 3.63) is 41.6 Å². The highest BCUT2D eigenvalue weighted by Gasteiger charge is 2.30. The minimum Gasteiger partial charge on any atom is -0.368 e. The molecule has 2 saturated heterocycles. The van der Waals surface area contributed by atoms with Crippen LogP contribution in [0.1, 0.15) is 24.1 Å². The lowest BCUT2D eigenvalue weighted by Crippen LogP contribution is -2.51. The molecule has 0 bridgehead atoms. The molecule has 148 valence electrons.